The number of aliphatic hydroxyl groups is 1. The fourth-order valence-electron chi connectivity index (χ4n) is 4.23. The molecule has 1 atom stereocenters. The number of amides is 1. The first kappa shape index (κ1) is 24.1. The van der Waals surface area contributed by atoms with Crippen LogP contribution in [0.3, 0.4) is 0 Å². The highest BCUT2D eigenvalue weighted by Crippen LogP contribution is 2.45. The van der Waals surface area contributed by atoms with Gasteiger partial charge in [-0.2, -0.15) is 0 Å². The van der Waals surface area contributed by atoms with E-state index in [4.69, 9.17) is 9.47 Å². The molecule has 1 unspecified atom stereocenters. The second kappa shape index (κ2) is 10.1. The number of aliphatic hydroxyl groups excluding tert-OH is 1. The molecule has 1 fully saturated rings. The average molecular weight is 472 g/mol. The number of methoxy groups -OCH3 is 1. The highest BCUT2D eigenvalue weighted by molar-refractivity contribution is 6.51. The van der Waals surface area contributed by atoms with Gasteiger partial charge in [-0.1, -0.05) is 50.2 Å². The van der Waals surface area contributed by atoms with Crippen molar-refractivity contribution in [3.8, 4) is 11.5 Å². The Morgan fingerprint density at radius 1 is 0.971 bits per heavy atom. The molecule has 35 heavy (non-hydrogen) atoms. The number of aryl methyl sites for hydroxylation is 1. The van der Waals surface area contributed by atoms with Crippen LogP contribution >= 0.6 is 0 Å². The smallest absolute Gasteiger partial charge is 0.300 e. The van der Waals surface area contributed by atoms with Crippen LogP contribution in [0.2, 0.25) is 0 Å². The highest BCUT2D eigenvalue weighted by atomic mass is 16.5. The monoisotopic (exact) mass is 471 g/mol. The Balaban J connectivity index is 1.87. The summed E-state index contributed by atoms with van der Waals surface area (Å²) in [5, 5.41) is 11.3. The fourth-order valence-corrected chi connectivity index (χ4v) is 4.23. The molecule has 0 radical (unpaired) electrons. The minimum absolute atomic E-state index is 0.0126. The summed E-state index contributed by atoms with van der Waals surface area (Å²) in [6.07, 6.45) is 0. The van der Waals surface area contributed by atoms with Crippen LogP contribution in [0, 0.1) is 12.8 Å². The first-order valence-corrected chi connectivity index (χ1v) is 11.6. The van der Waals surface area contributed by atoms with Gasteiger partial charge in [-0.05, 0) is 54.8 Å². The van der Waals surface area contributed by atoms with Crippen molar-refractivity contribution in [2.75, 3.05) is 18.6 Å². The largest absolute Gasteiger partial charge is 0.507 e. The van der Waals surface area contributed by atoms with E-state index in [0.29, 0.717) is 40.8 Å². The third-order valence-electron chi connectivity index (χ3n) is 5.96. The topological polar surface area (TPSA) is 76.1 Å². The fraction of sp³-hybridized carbons (Fsp3) is 0.241. The number of para-hydroxylation sites is 2. The van der Waals surface area contributed by atoms with Crippen LogP contribution < -0.4 is 14.4 Å². The molecule has 3 aromatic carbocycles. The van der Waals surface area contributed by atoms with E-state index in [1.54, 1.807) is 42.5 Å². The van der Waals surface area contributed by atoms with Gasteiger partial charge in [-0.3, -0.25) is 14.5 Å². The molecular formula is C29H29NO5. The predicted octanol–water partition coefficient (Wildman–Crippen LogP) is 5.66. The summed E-state index contributed by atoms with van der Waals surface area (Å²) < 4.78 is 11.3. The molecular weight excluding hydrogens is 442 g/mol. The lowest BCUT2D eigenvalue weighted by atomic mass is 9.94. The zero-order valence-electron chi connectivity index (χ0n) is 20.3. The molecule has 0 saturated carbocycles. The maximum Gasteiger partial charge on any atom is 0.300 e. The van der Waals surface area contributed by atoms with Crippen molar-refractivity contribution in [1.82, 2.24) is 0 Å². The number of hydrogen-bond acceptors (Lipinski definition) is 5. The van der Waals surface area contributed by atoms with Crippen molar-refractivity contribution in [1.29, 1.82) is 0 Å². The molecule has 0 spiro atoms. The van der Waals surface area contributed by atoms with E-state index in [-0.39, 0.29) is 11.3 Å². The lowest BCUT2D eigenvalue weighted by molar-refractivity contribution is -0.132. The van der Waals surface area contributed by atoms with E-state index in [0.717, 1.165) is 5.56 Å². The van der Waals surface area contributed by atoms with Crippen molar-refractivity contribution in [3.63, 3.8) is 0 Å². The Labute approximate surface area is 205 Å². The molecule has 180 valence electrons. The maximum atomic E-state index is 13.4. The third kappa shape index (κ3) is 4.64. The van der Waals surface area contributed by atoms with Crippen LogP contribution in [-0.4, -0.2) is 30.5 Å². The van der Waals surface area contributed by atoms with Gasteiger partial charge < -0.3 is 14.6 Å². The first-order valence-electron chi connectivity index (χ1n) is 11.6. The average Bonchev–Trinajstić information content (AvgIpc) is 3.13. The molecule has 1 heterocycles. The van der Waals surface area contributed by atoms with Gasteiger partial charge >= 0.3 is 0 Å². The Hall–Kier alpha value is -4.06. The van der Waals surface area contributed by atoms with Gasteiger partial charge in [-0.15, -0.1) is 0 Å². The Morgan fingerprint density at radius 3 is 2.29 bits per heavy atom. The van der Waals surface area contributed by atoms with E-state index in [1.165, 1.54) is 12.0 Å². The number of Topliss-reactive ketones (excluding diaryl/α,β-unsaturated/α-hetero) is 1. The summed E-state index contributed by atoms with van der Waals surface area (Å²) >= 11 is 0. The van der Waals surface area contributed by atoms with Gasteiger partial charge in [0.1, 0.15) is 17.3 Å². The van der Waals surface area contributed by atoms with Crippen molar-refractivity contribution in [3.05, 3.63) is 95.1 Å². The third-order valence-corrected chi connectivity index (χ3v) is 5.96. The van der Waals surface area contributed by atoms with E-state index < -0.39 is 17.7 Å². The molecule has 1 saturated heterocycles. The molecule has 1 aliphatic heterocycles. The number of nitrogens with zero attached hydrogens (tertiary/aromatic N) is 1. The van der Waals surface area contributed by atoms with E-state index >= 15 is 0 Å². The van der Waals surface area contributed by atoms with Gasteiger partial charge in [0.25, 0.3) is 11.7 Å². The van der Waals surface area contributed by atoms with Gasteiger partial charge in [0, 0.05) is 16.8 Å². The zero-order valence-corrected chi connectivity index (χ0v) is 20.3. The Morgan fingerprint density at radius 2 is 1.63 bits per heavy atom. The maximum absolute atomic E-state index is 13.4. The Bertz CT molecular complexity index is 1280. The number of ketones is 1. The second-order valence-electron chi connectivity index (χ2n) is 8.93. The van der Waals surface area contributed by atoms with Gasteiger partial charge in [0.2, 0.25) is 0 Å². The summed E-state index contributed by atoms with van der Waals surface area (Å²) in [6, 6.07) is 20.6. The molecule has 4 rings (SSSR count). The number of carbonyl (C=O) groups is 2. The van der Waals surface area contributed by atoms with E-state index in [9.17, 15) is 14.7 Å². The van der Waals surface area contributed by atoms with Crippen LogP contribution in [0.15, 0.2) is 78.4 Å². The van der Waals surface area contributed by atoms with Crippen LogP contribution in [0.25, 0.3) is 5.76 Å². The molecule has 0 bridgehead atoms. The lowest BCUT2D eigenvalue weighted by Gasteiger charge is -2.27. The van der Waals surface area contributed by atoms with E-state index in [1.807, 2.05) is 37.3 Å². The van der Waals surface area contributed by atoms with Crippen molar-refractivity contribution in [2.24, 2.45) is 5.92 Å². The predicted molar refractivity (Wildman–Crippen MR) is 136 cm³/mol. The van der Waals surface area contributed by atoms with Crippen LogP contribution in [0.5, 0.6) is 11.5 Å². The first-order chi connectivity index (χ1) is 16.8. The van der Waals surface area contributed by atoms with Crippen molar-refractivity contribution < 1.29 is 24.2 Å². The number of ether oxygens (including phenoxy) is 2. The summed E-state index contributed by atoms with van der Waals surface area (Å²) in [5.74, 6) is -0.138. The van der Waals surface area contributed by atoms with Crippen LogP contribution in [0.4, 0.5) is 5.69 Å². The molecule has 6 heteroatoms. The molecule has 0 aliphatic carbocycles. The minimum atomic E-state index is -0.857. The highest BCUT2D eigenvalue weighted by Gasteiger charge is 2.48. The summed E-state index contributed by atoms with van der Waals surface area (Å²) in [6.45, 7) is 6.57. The molecule has 3 aromatic rings. The number of carbonyl (C=O) groups excluding carboxylic acids is 2. The zero-order chi connectivity index (χ0) is 25.1. The van der Waals surface area contributed by atoms with Crippen LogP contribution in [0.1, 0.15) is 36.6 Å². The van der Waals surface area contributed by atoms with Crippen molar-refractivity contribution >= 4 is 23.1 Å². The number of benzene rings is 3. The van der Waals surface area contributed by atoms with Gasteiger partial charge in [-0.25, -0.2) is 0 Å². The minimum Gasteiger partial charge on any atom is -0.507 e. The second-order valence-corrected chi connectivity index (χ2v) is 8.93. The Kier molecular flexibility index (Phi) is 6.92. The van der Waals surface area contributed by atoms with Crippen LogP contribution in [-0.2, 0) is 9.59 Å². The number of hydrogen-bond donors (Lipinski definition) is 1. The van der Waals surface area contributed by atoms with Gasteiger partial charge in [0.05, 0.1) is 25.3 Å². The normalized spacial score (nSPS) is 17.2. The SMILES string of the molecule is COc1ccccc1C1/C(=C(\O)c2ccc(OCC(C)C)cc2)C(=O)C(=O)N1c1ccccc1C. The summed E-state index contributed by atoms with van der Waals surface area (Å²) in [4.78, 5) is 28.2. The molecule has 1 amide bonds. The van der Waals surface area contributed by atoms with Crippen molar-refractivity contribution in [2.45, 2.75) is 26.8 Å². The number of rotatable bonds is 7. The molecule has 0 aromatic heterocycles. The molecule has 6 nitrogen and oxygen atoms in total. The van der Waals surface area contributed by atoms with E-state index in [2.05, 4.69) is 13.8 Å². The number of anilines is 1. The van der Waals surface area contributed by atoms with Gasteiger partial charge in [0.15, 0.2) is 0 Å². The summed E-state index contributed by atoms with van der Waals surface area (Å²) in [5.41, 5.74) is 2.47. The summed E-state index contributed by atoms with van der Waals surface area (Å²) in [7, 11) is 1.54. The quantitative estimate of drug-likeness (QED) is 0.273. The molecule has 1 aliphatic rings. The molecule has 1 N–H and O–H groups in total. The standard InChI is InChI=1S/C29H29NO5/c1-18(2)17-35-21-15-13-20(14-16-21)27(31)25-26(22-10-6-8-12-24(22)34-4)30(29(33)28(25)32)23-11-7-5-9-19(23)3/h5-16,18,26,31H,17H2,1-4H3/b27-25+. The lowest BCUT2D eigenvalue weighted by Crippen LogP contribution is -2.30.